The minimum Gasteiger partial charge on any atom is -0.474 e. The molecule has 11 heteroatoms. The molecule has 1 saturated heterocycles. The zero-order valence-electron chi connectivity index (χ0n) is 18.8. The summed E-state index contributed by atoms with van der Waals surface area (Å²) in [6.07, 6.45) is 5.03. The number of rotatable bonds is 6. The summed E-state index contributed by atoms with van der Waals surface area (Å²) in [4.78, 5) is 33.4. The van der Waals surface area contributed by atoms with E-state index in [-0.39, 0.29) is 24.1 Å². The van der Waals surface area contributed by atoms with Gasteiger partial charge in [0.05, 0.1) is 24.9 Å². The number of halogens is 1. The molecule has 5 rings (SSSR count). The second kappa shape index (κ2) is 8.36. The van der Waals surface area contributed by atoms with Crippen molar-refractivity contribution in [3.8, 4) is 17.1 Å². The zero-order chi connectivity index (χ0) is 23.2. The fourth-order valence-electron chi connectivity index (χ4n) is 4.17. The van der Waals surface area contributed by atoms with Crippen LogP contribution in [0.5, 0.6) is 5.88 Å². The Morgan fingerprint density at radius 3 is 2.70 bits per heavy atom. The maximum Gasteiger partial charge on any atom is 0.260 e. The molecule has 10 nitrogen and oxygen atoms in total. The van der Waals surface area contributed by atoms with Crippen LogP contribution in [0.15, 0.2) is 18.5 Å². The summed E-state index contributed by atoms with van der Waals surface area (Å²) in [6.45, 7) is 3.92. The van der Waals surface area contributed by atoms with E-state index < -0.39 is 11.6 Å². The van der Waals surface area contributed by atoms with Crippen LogP contribution in [0, 0.1) is 0 Å². The van der Waals surface area contributed by atoms with Crippen LogP contribution >= 0.6 is 0 Å². The number of carbonyl (C=O) groups is 1. The van der Waals surface area contributed by atoms with Gasteiger partial charge in [0.25, 0.3) is 5.91 Å². The molecule has 2 aromatic heterocycles. The van der Waals surface area contributed by atoms with Crippen molar-refractivity contribution in [3.63, 3.8) is 0 Å². The van der Waals surface area contributed by atoms with Crippen molar-refractivity contribution in [2.75, 3.05) is 37.4 Å². The number of aromatic nitrogens is 4. The molecular formula is C22H28FN7O3. The Labute approximate surface area is 191 Å². The monoisotopic (exact) mass is 457 g/mol. The summed E-state index contributed by atoms with van der Waals surface area (Å²) in [6, 6.07) is 1.85. The normalized spacial score (nSPS) is 25.8. The van der Waals surface area contributed by atoms with Crippen LogP contribution in [0.25, 0.3) is 11.3 Å². The van der Waals surface area contributed by atoms with Crippen molar-refractivity contribution < 1.29 is 18.7 Å². The predicted molar refractivity (Wildman–Crippen MR) is 118 cm³/mol. The van der Waals surface area contributed by atoms with Gasteiger partial charge < -0.3 is 25.0 Å². The number of nitrogens with two attached hydrogens (primary N) is 1. The summed E-state index contributed by atoms with van der Waals surface area (Å²) in [5.41, 5.74) is 5.31. The van der Waals surface area contributed by atoms with E-state index in [1.54, 1.807) is 25.5 Å². The third kappa shape index (κ3) is 4.41. The molecule has 3 fully saturated rings. The van der Waals surface area contributed by atoms with E-state index >= 15 is 0 Å². The first-order chi connectivity index (χ1) is 15.8. The smallest absolute Gasteiger partial charge is 0.260 e. The zero-order valence-corrected chi connectivity index (χ0v) is 18.8. The number of anilines is 2. The molecule has 0 aromatic carbocycles. The average Bonchev–Trinajstić information content (AvgIpc) is 3.54. The molecule has 0 unspecified atom stereocenters. The standard InChI is InChI=1S/C22H28FN7O3/c1-13-12-32-6-5-30(13)21-27-17(14-10-25-20(24)26-11-14)9-18(28-21)33-16-7-15(8-16)29(2)19(31)22(23)3-4-22/h9-11,13,15-16H,3-8,12H2,1-2H3,(H2,24,25,26)/t13-,15?,16?/m0/s1. The molecule has 0 bridgehead atoms. The number of carbonyl (C=O) groups excluding carboxylic acids is 1. The van der Waals surface area contributed by atoms with Crippen molar-refractivity contribution in [1.29, 1.82) is 0 Å². The number of hydrogen-bond donors (Lipinski definition) is 1. The van der Waals surface area contributed by atoms with E-state index in [0.29, 0.717) is 68.5 Å². The van der Waals surface area contributed by atoms with Gasteiger partial charge in [-0.3, -0.25) is 4.79 Å². The third-order valence-corrected chi connectivity index (χ3v) is 6.58. The molecule has 176 valence electrons. The highest BCUT2D eigenvalue weighted by Crippen LogP contribution is 2.43. The number of hydrogen-bond acceptors (Lipinski definition) is 9. The Balaban J connectivity index is 1.33. The molecular weight excluding hydrogens is 429 g/mol. The molecule has 33 heavy (non-hydrogen) atoms. The van der Waals surface area contributed by atoms with Crippen molar-refractivity contribution in [2.45, 2.75) is 56.5 Å². The van der Waals surface area contributed by atoms with Crippen molar-refractivity contribution >= 4 is 17.8 Å². The lowest BCUT2D eigenvalue weighted by atomic mass is 9.87. The Hall–Kier alpha value is -3.08. The van der Waals surface area contributed by atoms with Crippen LogP contribution in [0.4, 0.5) is 16.3 Å². The van der Waals surface area contributed by atoms with Gasteiger partial charge in [0, 0.05) is 56.5 Å². The van der Waals surface area contributed by atoms with Gasteiger partial charge in [-0.2, -0.15) is 4.98 Å². The average molecular weight is 458 g/mol. The SMILES string of the molecule is C[C@H]1COCCN1c1nc(OC2CC(N(C)C(=O)C3(F)CC3)C2)cc(-c2cnc(N)nc2)n1. The highest BCUT2D eigenvalue weighted by molar-refractivity contribution is 5.88. The molecule has 2 saturated carbocycles. The first-order valence-corrected chi connectivity index (χ1v) is 11.3. The first kappa shape index (κ1) is 21.7. The maximum atomic E-state index is 14.1. The number of amides is 1. The topological polar surface area (TPSA) is 120 Å². The summed E-state index contributed by atoms with van der Waals surface area (Å²) in [5.74, 6) is 0.757. The first-order valence-electron chi connectivity index (χ1n) is 11.3. The van der Waals surface area contributed by atoms with E-state index in [9.17, 15) is 9.18 Å². The van der Waals surface area contributed by atoms with Gasteiger partial charge in [-0.15, -0.1) is 0 Å². The molecule has 1 aliphatic heterocycles. The molecule has 2 aromatic rings. The van der Waals surface area contributed by atoms with Gasteiger partial charge in [0.15, 0.2) is 5.67 Å². The van der Waals surface area contributed by atoms with Crippen LogP contribution in [0.1, 0.15) is 32.6 Å². The summed E-state index contributed by atoms with van der Waals surface area (Å²) >= 11 is 0. The Bertz CT molecular complexity index is 1030. The van der Waals surface area contributed by atoms with Crippen LogP contribution in [-0.2, 0) is 9.53 Å². The second-order valence-electron chi connectivity index (χ2n) is 9.09. The fraction of sp³-hybridized carbons (Fsp3) is 0.591. The third-order valence-electron chi connectivity index (χ3n) is 6.58. The molecule has 3 heterocycles. The van der Waals surface area contributed by atoms with Crippen LogP contribution in [-0.4, -0.2) is 81.4 Å². The molecule has 2 N–H and O–H groups in total. The summed E-state index contributed by atoms with van der Waals surface area (Å²) < 4.78 is 25.8. The van der Waals surface area contributed by atoms with Crippen molar-refractivity contribution in [1.82, 2.24) is 24.8 Å². The van der Waals surface area contributed by atoms with Gasteiger partial charge in [-0.05, 0) is 19.8 Å². The van der Waals surface area contributed by atoms with Gasteiger partial charge in [0.2, 0.25) is 17.8 Å². The van der Waals surface area contributed by atoms with E-state index in [1.165, 1.54) is 4.90 Å². The number of morpholine rings is 1. The molecule has 2 aliphatic carbocycles. The highest BCUT2D eigenvalue weighted by Gasteiger charge is 2.54. The van der Waals surface area contributed by atoms with Gasteiger partial charge in [-0.25, -0.2) is 19.3 Å². The minimum atomic E-state index is -1.65. The molecule has 1 amide bonds. The summed E-state index contributed by atoms with van der Waals surface area (Å²) in [5, 5.41) is 0. The van der Waals surface area contributed by atoms with Crippen LogP contribution < -0.4 is 15.4 Å². The number of ether oxygens (including phenoxy) is 2. The van der Waals surface area contributed by atoms with Crippen molar-refractivity contribution in [3.05, 3.63) is 18.5 Å². The molecule has 0 spiro atoms. The van der Waals surface area contributed by atoms with E-state index in [2.05, 4.69) is 26.8 Å². The van der Waals surface area contributed by atoms with Gasteiger partial charge in [-0.1, -0.05) is 0 Å². The summed E-state index contributed by atoms with van der Waals surface area (Å²) in [7, 11) is 1.67. The molecule has 0 radical (unpaired) electrons. The Kier molecular flexibility index (Phi) is 5.51. The lowest BCUT2D eigenvalue weighted by Gasteiger charge is -2.41. The number of alkyl halides is 1. The van der Waals surface area contributed by atoms with Crippen LogP contribution in [0.3, 0.4) is 0 Å². The molecule has 3 aliphatic rings. The second-order valence-corrected chi connectivity index (χ2v) is 9.09. The maximum absolute atomic E-state index is 14.1. The van der Waals surface area contributed by atoms with Crippen LogP contribution in [0.2, 0.25) is 0 Å². The Morgan fingerprint density at radius 1 is 1.30 bits per heavy atom. The van der Waals surface area contributed by atoms with Gasteiger partial charge in [0.1, 0.15) is 6.10 Å². The highest BCUT2D eigenvalue weighted by atomic mass is 19.1. The lowest BCUT2D eigenvalue weighted by molar-refractivity contribution is -0.142. The van der Waals surface area contributed by atoms with E-state index in [1.807, 2.05) is 0 Å². The Morgan fingerprint density at radius 2 is 2.03 bits per heavy atom. The quantitative estimate of drug-likeness (QED) is 0.690. The van der Waals surface area contributed by atoms with Gasteiger partial charge >= 0.3 is 0 Å². The number of nitrogens with zero attached hydrogens (tertiary/aromatic N) is 6. The van der Waals surface area contributed by atoms with E-state index in [0.717, 1.165) is 0 Å². The largest absolute Gasteiger partial charge is 0.474 e. The molecule has 1 atom stereocenters. The number of nitrogen functional groups attached to an aromatic ring is 1. The lowest BCUT2D eigenvalue weighted by Crippen LogP contribution is -2.52. The fourth-order valence-corrected chi connectivity index (χ4v) is 4.17. The van der Waals surface area contributed by atoms with Crippen molar-refractivity contribution in [2.24, 2.45) is 0 Å². The minimum absolute atomic E-state index is 0.0266. The van der Waals surface area contributed by atoms with E-state index in [4.69, 9.17) is 20.2 Å². The predicted octanol–water partition coefficient (Wildman–Crippen LogP) is 1.61.